The van der Waals surface area contributed by atoms with Crippen LogP contribution in [0.1, 0.15) is 17.7 Å². The van der Waals surface area contributed by atoms with Crippen LogP contribution in [-0.2, 0) is 27.3 Å². The molecule has 0 aliphatic heterocycles. The van der Waals surface area contributed by atoms with E-state index < -0.39 is 23.9 Å². The lowest BCUT2D eigenvalue weighted by atomic mass is 10.1. The molecule has 8 N–H and O–H groups in total. The van der Waals surface area contributed by atoms with Gasteiger partial charge in [0.15, 0.2) is 0 Å². The van der Waals surface area contributed by atoms with Crippen LogP contribution in [-0.4, -0.2) is 75.4 Å². The molecule has 2 aromatic heterocycles. The second-order valence-electron chi connectivity index (χ2n) is 9.96. The number of amides is 3. The van der Waals surface area contributed by atoms with Crippen LogP contribution in [0, 0.1) is 0 Å². The van der Waals surface area contributed by atoms with E-state index in [1.807, 2.05) is 71.4 Å². The summed E-state index contributed by atoms with van der Waals surface area (Å²) in [7, 11) is 0. The van der Waals surface area contributed by atoms with Crippen LogP contribution in [0.4, 0.5) is 5.69 Å². The largest absolute Gasteiger partial charge is 0.343 e. The van der Waals surface area contributed by atoms with E-state index in [2.05, 4.69) is 20.6 Å². The summed E-state index contributed by atoms with van der Waals surface area (Å²) in [5.74, 6) is -1.44. The van der Waals surface area contributed by atoms with Gasteiger partial charge in [-0.25, -0.2) is 4.98 Å². The minimum Gasteiger partial charge on any atom is -0.343 e. The Labute approximate surface area is 244 Å². The fourth-order valence-corrected chi connectivity index (χ4v) is 4.54. The molecule has 0 fully saturated rings. The highest BCUT2D eigenvalue weighted by Gasteiger charge is 2.27. The summed E-state index contributed by atoms with van der Waals surface area (Å²) < 4.78 is 1.91. The number of carbonyl (C=O) groups is 3. The smallest absolute Gasteiger partial charge is 0.247 e. The van der Waals surface area contributed by atoms with E-state index in [9.17, 15) is 14.4 Å². The van der Waals surface area contributed by atoms with Crippen LogP contribution < -0.4 is 27.8 Å². The Kier molecular flexibility index (Phi) is 10.7. The third-order valence-electron chi connectivity index (χ3n) is 6.68. The van der Waals surface area contributed by atoms with Crippen LogP contribution in [0.15, 0.2) is 79.4 Å². The molecule has 2 heterocycles. The summed E-state index contributed by atoms with van der Waals surface area (Å²) in [6.45, 7) is 1.74. The number of aromatic nitrogens is 3. The maximum Gasteiger partial charge on any atom is 0.247 e. The molecule has 0 saturated heterocycles. The Bertz CT molecular complexity index is 1490. The highest BCUT2D eigenvalue weighted by molar-refractivity contribution is 5.99. The van der Waals surface area contributed by atoms with Gasteiger partial charge in [0.1, 0.15) is 6.04 Å². The number of hydrogen-bond acceptors (Lipinski definition) is 8. The van der Waals surface area contributed by atoms with Gasteiger partial charge in [0.05, 0.1) is 41.9 Å². The summed E-state index contributed by atoms with van der Waals surface area (Å²) in [6, 6.07) is 17.0. The fourth-order valence-electron chi connectivity index (χ4n) is 4.54. The normalized spacial score (nSPS) is 12.5. The third-order valence-corrected chi connectivity index (χ3v) is 6.68. The summed E-state index contributed by atoms with van der Waals surface area (Å²) in [4.78, 5) is 49.6. The lowest BCUT2D eigenvalue weighted by Crippen LogP contribution is -2.52. The van der Waals surface area contributed by atoms with Crippen molar-refractivity contribution in [3.8, 4) is 0 Å². The van der Waals surface area contributed by atoms with Crippen LogP contribution >= 0.6 is 0 Å². The van der Waals surface area contributed by atoms with Gasteiger partial charge in [-0.1, -0.05) is 48.5 Å². The van der Waals surface area contributed by atoms with Crippen molar-refractivity contribution in [2.24, 2.45) is 17.2 Å². The highest BCUT2D eigenvalue weighted by atomic mass is 16.2. The molecule has 220 valence electrons. The first kappa shape index (κ1) is 30.3. The van der Waals surface area contributed by atoms with Crippen molar-refractivity contribution in [2.75, 3.05) is 31.5 Å². The van der Waals surface area contributed by atoms with Gasteiger partial charge >= 0.3 is 0 Å². The van der Waals surface area contributed by atoms with E-state index in [0.717, 1.165) is 16.5 Å². The first-order valence-electron chi connectivity index (χ1n) is 13.8. The molecule has 3 amide bonds. The topological polar surface area (TPSA) is 187 Å². The zero-order valence-electron chi connectivity index (χ0n) is 23.4. The third kappa shape index (κ3) is 8.43. The summed E-state index contributed by atoms with van der Waals surface area (Å²) in [5, 5.41) is 6.42. The van der Waals surface area contributed by atoms with Gasteiger partial charge in [0, 0.05) is 50.7 Å². The number of imidazole rings is 1. The average Bonchev–Trinajstić information content (AvgIpc) is 3.43. The zero-order valence-corrected chi connectivity index (χ0v) is 23.4. The van der Waals surface area contributed by atoms with Crippen molar-refractivity contribution in [3.05, 3.63) is 90.6 Å². The highest BCUT2D eigenvalue weighted by Crippen LogP contribution is 2.17. The van der Waals surface area contributed by atoms with Gasteiger partial charge < -0.3 is 37.3 Å². The molecule has 12 nitrogen and oxygen atoms in total. The van der Waals surface area contributed by atoms with Gasteiger partial charge in [-0.2, -0.15) is 0 Å². The quantitative estimate of drug-likeness (QED) is 0.146. The average molecular weight is 572 g/mol. The number of anilines is 1. The SMILES string of the molecule is NCCN(CCN)C(=O)CC(N)C(=O)NC(Cc1cn(Cc2ccccc2)cn1)C(=O)Nc1cnc2ccccc2c1. The number of benzene rings is 2. The molecular formula is C30H37N9O3. The Morgan fingerprint density at radius 3 is 2.38 bits per heavy atom. The molecule has 4 rings (SSSR count). The van der Waals surface area contributed by atoms with Crippen molar-refractivity contribution >= 4 is 34.3 Å². The van der Waals surface area contributed by atoms with E-state index in [1.54, 1.807) is 12.5 Å². The predicted octanol–water partition coefficient (Wildman–Crippen LogP) is 0.609. The number of nitrogens with one attached hydrogen (secondary N) is 2. The van der Waals surface area contributed by atoms with Crippen LogP contribution in [0.5, 0.6) is 0 Å². The van der Waals surface area contributed by atoms with E-state index in [-0.39, 0.29) is 31.8 Å². The Morgan fingerprint density at radius 2 is 1.64 bits per heavy atom. The van der Waals surface area contributed by atoms with Crippen molar-refractivity contribution in [1.82, 2.24) is 24.8 Å². The molecule has 2 aromatic carbocycles. The maximum absolute atomic E-state index is 13.5. The second-order valence-corrected chi connectivity index (χ2v) is 9.96. The van der Waals surface area contributed by atoms with Gasteiger partial charge in [-0.3, -0.25) is 19.4 Å². The Balaban J connectivity index is 1.48. The molecule has 2 unspecified atom stereocenters. The molecule has 0 bridgehead atoms. The van der Waals surface area contributed by atoms with E-state index in [1.165, 1.54) is 4.90 Å². The lowest BCUT2D eigenvalue weighted by molar-refractivity contribution is -0.134. The molecule has 2 atom stereocenters. The summed E-state index contributed by atoms with van der Waals surface area (Å²) >= 11 is 0. The molecule has 12 heteroatoms. The number of rotatable bonds is 14. The standard InChI is InChI=1S/C30H37N9O3/c31-10-12-39(13-11-32)28(40)16-25(33)29(41)37-27(15-24-19-38(20-35-24)18-21-6-2-1-3-7-21)30(42)36-23-14-22-8-4-5-9-26(22)34-17-23/h1-9,14,17,19-20,25,27H,10-13,15-16,18,31-33H2,(H,36,42)(H,37,41). The number of hydrogen-bond donors (Lipinski definition) is 5. The van der Waals surface area contributed by atoms with Gasteiger partial charge in [-0.05, 0) is 17.7 Å². The molecule has 0 aliphatic carbocycles. The van der Waals surface area contributed by atoms with Crippen LogP contribution in [0.3, 0.4) is 0 Å². The molecule has 0 spiro atoms. The summed E-state index contributed by atoms with van der Waals surface area (Å²) in [6.07, 6.45) is 4.92. The number of nitrogens with two attached hydrogens (primary N) is 3. The lowest BCUT2D eigenvalue weighted by Gasteiger charge is -2.24. The van der Waals surface area contributed by atoms with Crippen LogP contribution in [0.2, 0.25) is 0 Å². The van der Waals surface area contributed by atoms with Crippen LogP contribution in [0.25, 0.3) is 10.9 Å². The minimum atomic E-state index is -1.18. The van der Waals surface area contributed by atoms with Crippen molar-refractivity contribution in [2.45, 2.75) is 31.5 Å². The summed E-state index contributed by atoms with van der Waals surface area (Å²) in [5.41, 5.74) is 20.3. The number of carbonyl (C=O) groups excluding carboxylic acids is 3. The number of pyridine rings is 1. The van der Waals surface area contributed by atoms with E-state index >= 15 is 0 Å². The number of fused-ring (bicyclic) bond motifs is 1. The molecular weight excluding hydrogens is 534 g/mol. The number of para-hydroxylation sites is 1. The van der Waals surface area contributed by atoms with E-state index in [4.69, 9.17) is 17.2 Å². The molecule has 0 radical (unpaired) electrons. The van der Waals surface area contributed by atoms with Gasteiger partial charge in [-0.15, -0.1) is 0 Å². The maximum atomic E-state index is 13.5. The molecule has 0 saturated carbocycles. The van der Waals surface area contributed by atoms with Crippen molar-refractivity contribution < 1.29 is 14.4 Å². The fraction of sp³-hybridized carbons (Fsp3) is 0.300. The van der Waals surface area contributed by atoms with E-state index in [0.29, 0.717) is 31.0 Å². The first-order chi connectivity index (χ1) is 20.4. The van der Waals surface area contributed by atoms with Crippen molar-refractivity contribution in [3.63, 3.8) is 0 Å². The van der Waals surface area contributed by atoms with Crippen molar-refractivity contribution in [1.29, 1.82) is 0 Å². The second kappa shape index (κ2) is 14.8. The molecule has 0 aliphatic rings. The predicted molar refractivity (Wildman–Crippen MR) is 161 cm³/mol. The minimum absolute atomic E-state index is 0.105. The van der Waals surface area contributed by atoms with Gasteiger partial charge in [0.25, 0.3) is 0 Å². The molecule has 42 heavy (non-hydrogen) atoms. The Morgan fingerprint density at radius 1 is 0.929 bits per heavy atom. The number of nitrogens with zero attached hydrogens (tertiary/aromatic N) is 4. The van der Waals surface area contributed by atoms with Gasteiger partial charge in [0.2, 0.25) is 17.7 Å². The zero-order chi connectivity index (χ0) is 29.9. The Hall–Kier alpha value is -4.65. The molecule has 4 aromatic rings. The first-order valence-corrected chi connectivity index (χ1v) is 13.8. The monoisotopic (exact) mass is 571 g/mol.